The number of carbonyl (C=O) groups excluding carboxylic acids is 3. The summed E-state index contributed by atoms with van der Waals surface area (Å²) < 4.78 is 0. The van der Waals surface area contributed by atoms with Gasteiger partial charge in [0.15, 0.2) is 0 Å². The fourth-order valence-corrected chi connectivity index (χ4v) is 4.47. The summed E-state index contributed by atoms with van der Waals surface area (Å²) in [5, 5.41) is 2.77. The van der Waals surface area contributed by atoms with E-state index in [9.17, 15) is 14.4 Å². The summed E-state index contributed by atoms with van der Waals surface area (Å²) in [6, 6.07) is 25.6. The summed E-state index contributed by atoms with van der Waals surface area (Å²) in [6.07, 6.45) is 0. The van der Waals surface area contributed by atoms with Gasteiger partial charge in [-0.1, -0.05) is 48.0 Å². The van der Waals surface area contributed by atoms with Gasteiger partial charge in [0.2, 0.25) is 0 Å². The van der Waals surface area contributed by atoms with Gasteiger partial charge in [0.25, 0.3) is 17.7 Å². The fraction of sp³-hybridized carbons (Fsp3) is 0.148. The zero-order chi connectivity index (χ0) is 24.4. The van der Waals surface area contributed by atoms with E-state index in [-0.39, 0.29) is 16.6 Å². The van der Waals surface area contributed by atoms with Crippen LogP contribution in [0.3, 0.4) is 0 Å². The van der Waals surface area contributed by atoms with Crippen LogP contribution in [0.1, 0.15) is 10.4 Å². The van der Waals surface area contributed by atoms with Crippen molar-refractivity contribution in [2.75, 3.05) is 41.3 Å². The molecule has 3 aromatic rings. The third-order valence-corrected chi connectivity index (χ3v) is 6.48. The molecule has 3 aromatic carbocycles. The number of carbonyl (C=O) groups is 3. The lowest BCUT2D eigenvalue weighted by molar-refractivity contribution is -0.120. The molecular weight excluding hydrogens is 464 g/mol. The Morgan fingerprint density at radius 3 is 1.89 bits per heavy atom. The largest absolute Gasteiger partial charge is 0.368 e. The van der Waals surface area contributed by atoms with Crippen molar-refractivity contribution in [2.45, 2.75) is 0 Å². The van der Waals surface area contributed by atoms with Gasteiger partial charge in [0.05, 0.1) is 5.69 Å². The molecule has 0 bridgehead atoms. The number of benzene rings is 3. The fourth-order valence-electron chi connectivity index (χ4n) is 4.25. The lowest BCUT2D eigenvalue weighted by atomic mass is 10.1. The monoisotopic (exact) mass is 486 g/mol. The van der Waals surface area contributed by atoms with Crippen LogP contribution < -0.4 is 15.1 Å². The van der Waals surface area contributed by atoms with Crippen LogP contribution in [0.25, 0.3) is 0 Å². The predicted octanol–water partition coefficient (Wildman–Crippen LogP) is 4.08. The zero-order valence-corrected chi connectivity index (χ0v) is 19.6. The van der Waals surface area contributed by atoms with Crippen LogP contribution in [0, 0.1) is 0 Å². The highest BCUT2D eigenvalue weighted by Gasteiger charge is 2.38. The molecule has 7 nitrogen and oxygen atoms in total. The lowest BCUT2D eigenvalue weighted by Gasteiger charge is -2.36. The van der Waals surface area contributed by atoms with E-state index in [4.69, 9.17) is 11.6 Å². The number of para-hydroxylation sites is 2. The van der Waals surface area contributed by atoms with Crippen molar-refractivity contribution in [3.05, 3.63) is 101 Å². The molecule has 0 saturated carbocycles. The number of hydrogen-bond acceptors (Lipinski definition) is 5. The molecule has 0 unspecified atom stereocenters. The molecule has 2 aliphatic heterocycles. The van der Waals surface area contributed by atoms with E-state index in [1.165, 1.54) is 0 Å². The first kappa shape index (κ1) is 22.7. The van der Waals surface area contributed by atoms with Crippen LogP contribution in [0.2, 0.25) is 0 Å². The minimum absolute atomic E-state index is 0.0108. The number of anilines is 3. The minimum atomic E-state index is -0.577. The number of nitrogens with one attached hydrogen (secondary N) is 1. The van der Waals surface area contributed by atoms with Crippen molar-refractivity contribution < 1.29 is 14.4 Å². The van der Waals surface area contributed by atoms with Crippen molar-refractivity contribution in [3.8, 4) is 0 Å². The van der Waals surface area contributed by atoms with Crippen molar-refractivity contribution >= 4 is 46.4 Å². The van der Waals surface area contributed by atoms with E-state index in [0.29, 0.717) is 30.0 Å². The molecule has 35 heavy (non-hydrogen) atoms. The van der Waals surface area contributed by atoms with Gasteiger partial charge in [0.1, 0.15) is 10.7 Å². The lowest BCUT2D eigenvalue weighted by Crippen LogP contribution is -2.48. The van der Waals surface area contributed by atoms with Crippen LogP contribution in [-0.4, -0.2) is 48.8 Å². The van der Waals surface area contributed by atoms with Crippen LogP contribution in [0.5, 0.6) is 0 Å². The molecule has 2 aliphatic rings. The summed E-state index contributed by atoms with van der Waals surface area (Å²) in [6.45, 7) is 2.83. The summed E-state index contributed by atoms with van der Waals surface area (Å²) in [5.41, 5.74) is 2.74. The maximum atomic E-state index is 13.0. The highest BCUT2D eigenvalue weighted by atomic mass is 35.5. The molecule has 3 amide bonds. The standard InChI is InChI=1S/C27H23ClN4O3/c28-23-24(27(35)32(26(23)34)22-9-5-2-6-10-22)29-20-13-11-19(12-14-20)25(33)31-17-15-30(16-18-31)21-7-3-1-4-8-21/h1-14,29H,15-18H2. The van der Waals surface area contributed by atoms with Gasteiger partial charge in [-0.2, -0.15) is 0 Å². The van der Waals surface area contributed by atoms with E-state index in [0.717, 1.165) is 23.7 Å². The second-order valence-corrected chi connectivity index (χ2v) is 8.67. The molecule has 1 N–H and O–H groups in total. The van der Waals surface area contributed by atoms with Crippen LogP contribution in [0.15, 0.2) is 95.7 Å². The molecule has 1 saturated heterocycles. The first-order valence-corrected chi connectivity index (χ1v) is 11.7. The average molecular weight is 487 g/mol. The van der Waals surface area contributed by atoms with E-state index < -0.39 is 11.8 Å². The number of nitrogens with zero attached hydrogens (tertiary/aromatic N) is 3. The quantitative estimate of drug-likeness (QED) is 0.550. The number of imide groups is 1. The summed E-state index contributed by atoms with van der Waals surface area (Å²) in [7, 11) is 0. The smallest absolute Gasteiger partial charge is 0.283 e. The molecule has 2 heterocycles. The second-order valence-electron chi connectivity index (χ2n) is 8.29. The number of halogens is 1. The average Bonchev–Trinajstić information content (AvgIpc) is 3.12. The first-order valence-electron chi connectivity index (χ1n) is 11.3. The maximum Gasteiger partial charge on any atom is 0.283 e. The Balaban J connectivity index is 1.23. The molecular formula is C27H23ClN4O3. The number of hydrogen-bond donors (Lipinski definition) is 1. The third-order valence-electron chi connectivity index (χ3n) is 6.13. The van der Waals surface area contributed by atoms with Gasteiger partial charge in [-0.05, 0) is 48.5 Å². The Kier molecular flexibility index (Phi) is 6.25. The molecule has 176 valence electrons. The molecule has 5 rings (SSSR count). The third kappa shape index (κ3) is 4.50. The van der Waals surface area contributed by atoms with Crippen LogP contribution in [-0.2, 0) is 9.59 Å². The highest BCUT2D eigenvalue weighted by Crippen LogP contribution is 2.30. The van der Waals surface area contributed by atoms with E-state index >= 15 is 0 Å². The van der Waals surface area contributed by atoms with Gasteiger partial charge >= 0.3 is 0 Å². The van der Waals surface area contributed by atoms with Gasteiger partial charge in [-0.3, -0.25) is 14.4 Å². The second kappa shape index (κ2) is 9.64. The predicted molar refractivity (Wildman–Crippen MR) is 136 cm³/mol. The summed E-state index contributed by atoms with van der Waals surface area (Å²) in [4.78, 5) is 43.6. The number of piperazine rings is 1. The normalized spacial score (nSPS) is 16.2. The van der Waals surface area contributed by atoms with Gasteiger partial charge < -0.3 is 15.1 Å². The Morgan fingerprint density at radius 2 is 1.29 bits per heavy atom. The van der Waals surface area contributed by atoms with E-state index in [1.54, 1.807) is 54.6 Å². The van der Waals surface area contributed by atoms with Crippen LogP contribution in [0.4, 0.5) is 17.1 Å². The topological polar surface area (TPSA) is 73.0 Å². The maximum absolute atomic E-state index is 13.0. The first-order chi connectivity index (χ1) is 17.0. The molecule has 1 fully saturated rings. The van der Waals surface area contributed by atoms with Crippen molar-refractivity contribution in [1.82, 2.24) is 4.90 Å². The minimum Gasteiger partial charge on any atom is -0.368 e. The number of rotatable bonds is 5. The van der Waals surface area contributed by atoms with Crippen molar-refractivity contribution in [1.29, 1.82) is 0 Å². The molecule has 8 heteroatoms. The van der Waals surface area contributed by atoms with Gasteiger partial charge in [0, 0.05) is 43.1 Å². The SMILES string of the molecule is O=C(c1ccc(NC2=C(Cl)C(=O)N(c3ccccc3)C2=O)cc1)N1CCN(c2ccccc2)CC1. The van der Waals surface area contributed by atoms with Crippen molar-refractivity contribution in [2.24, 2.45) is 0 Å². The summed E-state index contributed by atoms with van der Waals surface area (Å²) >= 11 is 6.20. The Hall–Kier alpha value is -4.10. The van der Waals surface area contributed by atoms with Gasteiger partial charge in [-0.15, -0.1) is 0 Å². The number of amides is 3. The van der Waals surface area contributed by atoms with E-state index in [2.05, 4.69) is 22.3 Å². The Bertz CT molecular complexity index is 1290. The van der Waals surface area contributed by atoms with Crippen LogP contribution >= 0.6 is 11.6 Å². The Labute approximate surface area is 208 Å². The van der Waals surface area contributed by atoms with E-state index in [1.807, 2.05) is 23.1 Å². The molecule has 0 atom stereocenters. The summed E-state index contributed by atoms with van der Waals surface area (Å²) in [5.74, 6) is -1.14. The molecule has 0 aliphatic carbocycles. The Morgan fingerprint density at radius 1 is 0.714 bits per heavy atom. The molecule has 0 aromatic heterocycles. The highest BCUT2D eigenvalue weighted by molar-refractivity contribution is 6.53. The van der Waals surface area contributed by atoms with Crippen molar-refractivity contribution in [3.63, 3.8) is 0 Å². The van der Waals surface area contributed by atoms with Gasteiger partial charge in [-0.25, -0.2) is 4.90 Å². The molecule has 0 radical (unpaired) electrons. The molecule has 0 spiro atoms. The zero-order valence-electron chi connectivity index (χ0n) is 18.9.